The van der Waals surface area contributed by atoms with E-state index in [0.29, 0.717) is 5.82 Å². The number of H-pyrrole nitrogens is 1. The summed E-state index contributed by atoms with van der Waals surface area (Å²) in [7, 11) is 1.80. The molecule has 0 atom stereocenters. The Labute approximate surface area is 166 Å². The number of rotatable bonds is 3. The summed E-state index contributed by atoms with van der Waals surface area (Å²) < 4.78 is 0. The van der Waals surface area contributed by atoms with Gasteiger partial charge in [0.15, 0.2) is 0 Å². The summed E-state index contributed by atoms with van der Waals surface area (Å²) in [4.78, 5) is 14.5. The van der Waals surface area contributed by atoms with Gasteiger partial charge in [0.05, 0.1) is 17.1 Å². The first-order valence-corrected chi connectivity index (χ1v) is 9.22. The lowest BCUT2D eigenvalue weighted by molar-refractivity contribution is 0.475. The number of phenolic OH excluding ortho intramolecular Hbond substituents is 1. The second-order valence-electron chi connectivity index (χ2n) is 6.91. The van der Waals surface area contributed by atoms with Crippen molar-refractivity contribution >= 4 is 11.0 Å². The molecule has 5 aromatic rings. The highest BCUT2D eigenvalue weighted by molar-refractivity contribution is 5.85. The minimum absolute atomic E-state index is 0.217. The molecule has 0 radical (unpaired) electrons. The minimum atomic E-state index is 0.217. The SMILES string of the molecule is Cc1cccc(-c2[nH]c(-c3ccc(O)cc3)nc2-c2ccc3nn(C)nc3c2)n1. The molecule has 5 rings (SSSR count). The fourth-order valence-electron chi connectivity index (χ4n) is 3.38. The van der Waals surface area contributed by atoms with E-state index in [9.17, 15) is 5.11 Å². The number of fused-ring (bicyclic) bond motifs is 1. The number of aromatic amines is 1. The number of imidazole rings is 1. The molecule has 142 valence electrons. The molecule has 29 heavy (non-hydrogen) atoms. The third-order valence-corrected chi connectivity index (χ3v) is 4.74. The second kappa shape index (κ2) is 6.56. The average Bonchev–Trinajstić information content (AvgIpc) is 3.31. The quantitative estimate of drug-likeness (QED) is 0.490. The predicted octanol–water partition coefficient (Wildman–Crippen LogP) is 4.10. The fourth-order valence-corrected chi connectivity index (χ4v) is 3.38. The van der Waals surface area contributed by atoms with Crippen LogP contribution in [-0.4, -0.2) is 35.1 Å². The maximum Gasteiger partial charge on any atom is 0.138 e. The van der Waals surface area contributed by atoms with E-state index in [1.54, 1.807) is 24.0 Å². The molecule has 0 saturated carbocycles. The van der Waals surface area contributed by atoms with Gasteiger partial charge in [0.1, 0.15) is 22.6 Å². The van der Waals surface area contributed by atoms with E-state index in [1.165, 1.54) is 0 Å². The van der Waals surface area contributed by atoms with Gasteiger partial charge in [0.2, 0.25) is 0 Å². The number of benzene rings is 2. The molecule has 7 nitrogen and oxygen atoms in total. The largest absolute Gasteiger partial charge is 0.508 e. The number of aromatic nitrogens is 6. The molecule has 3 heterocycles. The van der Waals surface area contributed by atoms with Crippen LogP contribution in [0.15, 0.2) is 60.7 Å². The Hall–Kier alpha value is -4.00. The molecule has 0 amide bonds. The summed E-state index contributed by atoms with van der Waals surface area (Å²) in [5, 5.41) is 18.4. The zero-order chi connectivity index (χ0) is 20.0. The Kier molecular flexibility index (Phi) is 3.87. The molecular weight excluding hydrogens is 364 g/mol. The van der Waals surface area contributed by atoms with E-state index in [2.05, 4.69) is 20.2 Å². The van der Waals surface area contributed by atoms with Gasteiger partial charge in [0.25, 0.3) is 0 Å². The molecule has 0 fully saturated rings. The number of nitrogens with zero attached hydrogens (tertiary/aromatic N) is 5. The average molecular weight is 382 g/mol. The molecule has 7 heteroatoms. The summed E-state index contributed by atoms with van der Waals surface area (Å²) in [6.45, 7) is 1.96. The van der Waals surface area contributed by atoms with Crippen LogP contribution < -0.4 is 0 Å². The number of hydrogen-bond acceptors (Lipinski definition) is 5. The number of aryl methyl sites for hydroxylation is 2. The first-order chi connectivity index (χ1) is 14.1. The number of aromatic hydroxyl groups is 1. The van der Waals surface area contributed by atoms with Crippen LogP contribution in [0.25, 0.3) is 45.1 Å². The minimum Gasteiger partial charge on any atom is -0.508 e. The molecular formula is C22H18N6O. The van der Waals surface area contributed by atoms with Crippen LogP contribution in [0, 0.1) is 6.92 Å². The smallest absolute Gasteiger partial charge is 0.138 e. The standard InChI is InChI=1S/C22H18N6O/c1-13-4-3-5-18(23-13)21-20(15-8-11-17-19(12-15)27-28(2)26-17)24-22(25-21)14-6-9-16(29)10-7-14/h3-12,29H,1-2H3,(H,24,25). The van der Waals surface area contributed by atoms with Crippen molar-refractivity contribution in [1.29, 1.82) is 0 Å². The van der Waals surface area contributed by atoms with Gasteiger partial charge < -0.3 is 10.1 Å². The van der Waals surface area contributed by atoms with Gasteiger partial charge in [-0.25, -0.2) is 4.98 Å². The van der Waals surface area contributed by atoms with Crippen molar-refractivity contribution in [3.63, 3.8) is 0 Å². The molecule has 0 unspecified atom stereocenters. The number of phenols is 1. The van der Waals surface area contributed by atoms with Gasteiger partial charge in [-0.05, 0) is 55.5 Å². The van der Waals surface area contributed by atoms with Crippen LogP contribution in [0.2, 0.25) is 0 Å². The van der Waals surface area contributed by atoms with Gasteiger partial charge in [-0.3, -0.25) is 4.98 Å². The zero-order valence-corrected chi connectivity index (χ0v) is 16.0. The van der Waals surface area contributed by atoms with E-state index < -0.39 is 0 Å². The molecule has 2 N–H and O–H groups in total. The Balaban J connectivity index is 1.72. The maximum absolute atomic E-state index is 9.60. The summed E-state index contributed by atoms with van der Waals surface area (Å²) in [5.41, 5.74) is 6.82. The number of hydrogen-bond donors (Lipinski definition) is 2. The third kappa shape index (κ3) is 3.12. The summed E-state index contributed by atoms with van der Waals surface area (Å²) in [6.07, 6.45) is 0. The first kappa shape index (κ1) is 17.1. The third-order valence-electron chi connectivity index (χ3n) is 4.74. The Bertz CT molecular complexity index is 1330. The zero-order valence-electron chi connectivity index (χ0n) is 16.0. The van der Waals surface area contributed by atoms with E-state index in [1.807, 2.05) is 55.5 Å². The Morgan fingerprint density at radius 3 is 2.41 bits per heavy atom. The second-order valence-corrected chi connectivity index (χ2v) is 6.91. The summed E-state index contributed by atoms with van der Waals surface area (Å²) >= 11 is 0. The van der Waals surface area contributed by atoms with Crippen molar-refractivity contribution in [1.82, 2.24) is 29.9 Å². The Morgan fingerprint density at radius 2 is 1.62 bits per heavy atom. The Morgan fingerprint density at radius 1 is 0.862 bits per heavy atom. The molecule has 0 aliphatic heterocycles. The van der Waals surface area contributed by atoms with Crippen molar-refractivity contribution in [3.8, 4) is 39.8 Å². The van der Waals surface area contributed by atoms with Crippen molar-refractivity contribution < 1.29 is 5.11 Å². The van der Waals surface area contributed by atoms with Crippen LogP contribution >= 0.6 is 0 Å². The van der Waals surface area contributed by atoms with E-state index in [-0.39, 0.29) is 5.75 Å². The molecule has 0 spiro atoms. The molecule has 0 aliphatic rings. The highest BCUT2D eigenvalue weighted by Gasteiger charge is 2.17. The fraction of sp³-hybridized carbons (Fsp3) is 0.0909. The van der Waals surface area contributed by atoms with Crippen LogP contribution in [0.1, 0.15) is 5.69 Å². The van der Waals surface area contributed by atoms with Crippen LogP contribution in [0.3, 0.4) is 0 Å². The highest BCUT2D eigenvalue weighted by Crippen LogP contribution is 2.33. The topological polar surface area (TPSA) is 92.5 Å². The summed E-state index contributed by atoms with van der Waals surface area (Å²) in [6, 6.07) is 18.8. The molecule has 3 aromatic heterocycles. The number of nitrogens with one attached hydrogen (secondary N) is 1. The van der Waals surface area contributed by atoms with E-state index in [0.717, 1.165) is 44.9 Å². The van der Waals surface area contributed by atoms with Gasteiger partial charge in [-0.1, -0.05) is 12.1 Å². The normalized spacial score (nSPS) is 11.2. The monoisotopic (exact) mass is 382 g/mol. The molecule has 0 bridgehead atoms. The van der Waals surface area contributed by atoms with Crippen molar-refractivity contribution in [3.05, 3.63) is 66.4 Å². The van der Waals surface area contributed by atoms with Gasteiger partial charge in [0, 0.05) is 23.9 Å². The molecule has 0 aliphatic carbocycles. The lowest BCUT2D eigenvalue weighted by atomic mass is 10.1. The van der Waals surface area contributed by atoms with Gasteiger partial charge >= 0.3 is 0 Å². The van der Waals surface area contributed by atoms with Crippen LogP contribution in [0.5, 0.6) is 5.75 Å². The summed E-state index contributed by atoms with van der Waals surface area (Å²) in [5.74, 6) is 0.923. The van der Waals surface area contributed by atoms with Crippen LogP contribution in [-0.2, 0) is 7.05 Å². The molecule has 0 saturated heterocycles. The number of pyridine rings is 1. The van der Waals surface area contributed by atoms with Crippen molar-refractivity contribution in [2.24, 2.45) is 7.05 Å². The van der Waals surface area contributed by atoms with E-state index in [4.69, 9.17) is 4.98 Å². The molecule has 2 aromatic carbocycles. The van der Waals surface area contributed by atoms with Crippen molar-refractivity contribution in [2.75, 3.05) is 0 Å². The lowest BCUT2D eigenvalue weighted by Gasteiger charge is -2.03. The van der Waals surface area contributed by atoms with E-state index >= 15 is 0 Å². The predicted molar refractivity (Wildman–Crippen MR) is 111 cm³/mol. The van der Waals surface area contributed by atoms with Crippen molar-refractivity contribution in [2.45, 2.75) is 6.92 Å². The van der Waals surface area contributed by atoms with Gasteiger partial charge in [-0.2, -0.15) is 15.0 Å². The lowest BCUT2D eigenvalue weighted by Crippen LogP contribution is -1.90. The van der Waals surface area contributed by atoms with Gasteiger partial charge in [-0.15, -0.1) is 0 Å². The highest BCUT2D eigenvalue weighted by atomic mass is 16.3. The first-order valence-electron chi connectivity index (χ1n) is 9.22. The maximum atomic E-state index is 9.60. The van der Waals surface area contributed by atoms with Crippen LogP contribution in [0.4, 0.5) is 0 Å².